The zero-order valence-corrected chi connectivity index (χ0v) is 18.5. The van der Waals surface area contributed by atoms with E-state index >= 15 is 4.39 Å². The first-order chi connectivity index (χ1) is 14.4. The van der Waals surface area contributed by atoms with Gasteiger partial charge < -0.3 is 19.7 Å². The predicted octanol–water partition coefficient (Wildman–Crippen LogP) is 1.12. The molecule has 1 heterocycles. The third kappa shape index (κ3) is 3.34. The second kappa shape index (κ2) is 8.57. The van der Waals surface area contributed by atoms with Crippen molar-refractivity contribution in [3.05, 3.63) is 23.8 Å². The summed E-state index contributed by atoms with van der Waals surface area (Å²) in [7, 11) is 0. The number of aliphatic hydroxyl groups is 2. The van der Waals surface area contributed by atoms with Crippen LogP contribution in [0.5, 0.6) is 0 Å². The van der Waals surface area contributed by atoms with E-state index in [0.717, 1.165) is 5.57 Å². The van der Waals surface area contributed by atoms with Crippen molar-refractivity contribution in [3.8, 4) is 0 Å². The zero-order chi connectivity index (χ0) is 22.6. The molecule has 9 heteroatoms. The average molecular weight is 483 g/mol. The van der Waals surface area contributed by atoms with Gasteiger partial charge in [-0.3, -0.25) is 9.59 Å². The second-order valence-corrected chi connectivity index (χ2v) is 10.9. The molecule has 4 aliphatic carbocycles. The van der Waals surface area contributed by atoms with E-state index in [1.165, 1.54) is 12.2 Å². The molecule has 1 saturated heterocycles. The van der Waals surface area contributed by atoms with Crippen molar-refractivity contribution in [1.29, 1.82) is 0 Å². The number of ether oxygens (including phenoxy) is 2. The second-order valence-electron chi connectivity index (χ2n) is 10.9. The molecule has 0 spiro atoms. The maximum absolute atomic E-state index is 17.1. The summed E-state index contributed by atoms with van der Waals surface area (Å²) in [5, 5.41) is 21.2. The minimum atomic E-state index is -1.98. The van der Waals surface area contributed by atoms with Gasteiger partial charge in [-0.05, 0) is 64.5 Å². The van der Waals surface area contributed by atoms with Gasteiger partial charge in [0.1, 0.15) is 6.61 Å². The molecule has 6 nitrogen and oxygen atoms in total. The Morgan fingerprint density at radius 2 is 1.88 bits per heavy atom. The Balaban J connectivity index is 0.00000153. The molecule has 3 saturated carbocycles. The van der Waals surface area contributed by atoms with Crippen molar-refractivity contribution in [3.63, 3.8) is 0 Å². The Bertz CT molecular complexity index is 936. The van der Waals surface area contributed by atoms with Gasteiger partial charge in [0, 0.05) is 16.7 Å². The van der Waals surface area contributed by atoms with Gasteiger partial charge in [-0.25, -0.2) is 4.39 Å². The summed E-state index contributed by atoms with van der Waals surface area (Å²) in [5.74, 6) is -2.46. The molecule has 4 fully saturated rings. The molecule has 0 aromatic rings. The van der Waals surface area contributed by atoms with E-state index in [4.69, 9.17) is 9.47 Å². The van der Waals surface area contributed by atoms with Crippen LogP contribution >= 0.6 is 0 Å². The van der Waals surface area contributed by atoms with Crippen LogP contribution in [-0.4, -0.2) is 117 Å². The summed E-state index contributed by atoms with van der Waals surface area (Å²) < 4.78 is 29.5. The summed E-state index contributed by atoms with van der Waals surface area (Å²) in [4.78, 5) is 25.1. The number of hydrogen-bond acceptors (Lipinski definition) is 6. The Labute approximate surface area is 238 Å². The van der Waals surface area contributed by atoms with Crippen molar-refractivity contribution >= 4 is 70.7 Å². The van der Waals surface area contributed by atoms with Crippen LogP contribution in [0.4, 0.5) is 4.39 Å². The molecule has 0 radical (unpaired) electrons. The Morgan fingerprint density at radius 3 is 2.52 bits per heavy atom. The fraction of sp³-hybridized carbons (Fsp3) is 0.750. The molecule has 0 aromatic heterocycles. The van der Waals surface area contributed by atoms with E-state index < -0.39 is 58.4 Å². The number of alkyl halides is 1. The van der Waals surface area contributed by atoms with E-state index in [1.54, 1.807) is 26.8 Å². The molecule has 2 N–H and O–H groups in total. The summed E-state index contributed by atoms with van der Waals surface area (Å²) in [6.07, 6.45) is 4.00. The van der Waals surface area contributed by atoms with Crippen molar-refractivity contribution in [2.24, 2.45) is 22.7 Å². The molecule has 8 atom stereocenters. The Kier molecular flexibility index (Phi) is 7.32. The first kappa shape index (κ1) is 28.2. The number of carbonyl (C=O) groups excluding carboxylic acids is 2. The van der Waals surface area contributed by atoms with E-state index in [2.05, 4.69) is 0 Å². The Hall–Kier alpha value is 0.590. The number of Topliss-reactive ketones (excluding diaryl/α,β-unsaturated/α-hetero) is 1. The molecular weight excluding hydrogens is 449 g/mol. The zero-order valence-electron chi connectivity index (χ0n) is 18.5. The fourth-order valence-corrected chi connectivity index (χ4v) is 7.93. The third-order valence-electron chi connectivity index (χ3n) is 9.19. The van der Waals surface area contributed by atoms with E-state index in [0.29, 0.717) is 19.3 Å². The van der Waals surface area contributed by atoms with Crippen molar-refractivity contribution in [2.45, 2.75) is 82.6 Å². The summed E-state index contributed by atoms with van der Waals surface area (Å²) >= 11 is 0. The number of carbonyl (C=O) groups is 2. The number of halogens is 1. The SMILES string of the molecule is CC1(C)O[C@@H]2C[C@H]3[C@@H]4CCC5=CC(=O)C=C[C@]5(C)[C@@]4(F)[C@@H](O)C[C@]3(C)[C@]2(C(=O)CO)O1.[NaH].[NaH]. The number of aliphatic hydroxyl groups excluding tert-OH is 2. The van der Waals surface area contributed by atoms with Crippen molar-refractivity contribution in [2.75, 3.05) is 6.61 Å². The molecule has 0 bridgehead atoms. The van der Waals surface area contributed by atoms with Gasteiger partial charge in [0.25, 0.3) is 0 Å². The van der Waals surface area contributed by atoms with Crippen LogP contribution in [0.1, 0.15) is 53.4 Å². The molecule has 5 aliphatic rings. The normalized spacial score (nSPS) is 48.9. The molecule has 33 heavy (non-hydrogen) atoms. The maximum atomic E-state index is 17.1. The fourth-order valence-electron chi connectivity index (χ4n) is 7.93. The topological polar surface area (TPSA) is 93.1 Å². The van der Waals surface area contributed by atoms with Crippen LogP contribution in [0.25, 0.3) is 0 Å². The molecule has 1 aliphatic heterocycles. The van der Waals surface area contributed by atoms with Crippen LogP contribution < -0.4 is 0 Å². The van der Waals surface area contributed by atoms with Crippen LogP contribution in [0.3, 0.4) is 0 Å². The molecule has 0 aromatic carbocycles. The van der Waals surface area contributed by atoms with Gasteiger partial charge in [0.05, 0.1) is 12.2 Å². The number of ketones is 2. The summed E-state index contributed by atoms with van der Waals surface area (Å²) in [6.45, 7) is 6.41. The van der Waals surface area contributed by atoms with Crippen LogP contribution in [0.2, 0.25) is 0 Å². The van der Waals surface area contributed by atoms with Gasteiger partial charge in [0.2, 0.25) is 0 Å². The Morgan fingerprint density at radius 1 is 1.21 bits per heavy atom. The number of rotatable bonds is 2. The number of fused-ring (bicyclic) bond motifs is 7. The number of hydrogen-bond donors (Lipinski definition) is 2. The van der Waals surface area contributed by atoms with Gasteiger partial charge in [-0.2, -0.15) is 0 Å². The third-order valence-corrected chi connectivity index (χ3v) is 9.19. The van der Waals surface area contributed by atoms with Gasteiger partial charge >= 0.3 is 59.1 Å². The number of allylic oxidation sites excluding steroid dienone is 4. The molecule has 5 rings (SSSR count). The van der Waals surface area contributed by atoms with E-state index in [-0.39, 0.29) is 77.2 Å². The van der Waals surface area contributed by atoms with E-state index in [9.17, 15) is 19.8 Å². The van der Waals surface area contributed by atoms with Crippen molar-refractivity contribution < 1.29 is 33.7 Å². The molecular formula is C24H33FNa2O6. The quantitative estimate of drug-likeness (QED) is 0.574. The molecule has 0 amide bonds. The van der Waals surface area contributed by atoms with Crippen LogP contribution in [-0.2, 0) is 19.1 Å². The van der Waals surface area contributed by atoms with Crippen molar-refractivity contribution in [1.82, 2.24) is 0 Å². The first-order valence-electron chi connectivity index (χ1n) is 11.2. The monoisotopic (exact) mass is 482 g/mol. The van der Waals surface area contributed by atoms with E-state index in [1.807, 2.05) is 6.92 Å². The van der Waals surface area contributed by atoms with Crippen LogP contribution in [0, 0.1) is 22.7 Å². The van der Waals surface area contributed by atoms with Gasteiger partial charge in [-0.1, -0.05) is 18.6 Å². The van der Waals surface area contributed by atoms with Crippen LogP contribution in [0.15, 0.2) is 23.8 Å². The summed E-state index contributed by atoms with van der Waals surface area (Å²) in [6, 6.07) is 0. The molecule has 0 unspecified atom stereocenters. The van der Waals surface area contributed by atoms with Gasteiger partial charge in [0.15, 0.2) is 28.6 Å². The standard InChI is InChI=1S/C24H31FO6.2Na.2H/c1-20(2)30-19-10-16-15-6-5-13-9-14(27)7-8-21(13,3)23(15,25)17(28)11-22(16,4)24(19,31-20)18(29)12-26;;;;/h7-9,15-17,19,26,28H,5-6,10-12H2,1-4H3;;;;/t15-,16-,17-,19+,21-,22-,23-,24+;;;;/m0..../s1. The molecule has 174 valence electrons. The first-order valence-corrected chi connectivity index (χ1v) is 11.2. The van der Waals surface area contributed by atoms with Gasteiger partial charge in [-0.15, -0.1) is 0 Å². The average Bonchev–Trinajstić information content (AvgIpc) is 3.09. The predicted molar refractivity (Wildman–Crippen MR) is 123 cm³/mol. The minimum absolute atomic E-state index is 0. The summed E-state index contributed by atoms with van der Waals surface area (Å²) in [5.41, 5.74) is -4.66.